The normalized spacial score (nSPS) is 17.9. The second-order valence-electron chi connectivity index (χ2n) is 4.46. The first-order chi connectivity index (χ1) is 9.83. The van der Waals surface area contributed by atoms with Gasteiger partial charge in [0, 0.05) is 26.3 Å². The van der Waals surface area contributed by atoms with Gasteiger partial charge in [0.25, 0.3) is 0 Å². The molecule has 1 N–H and O–H groups in total. The Morgan fingerprint density at radius 3 is 3.10 bits per heavy atom. The van der Waals surface area contributed by atoms with Gasteiger partial charge in [0.2, 0.25) is 5.88 Å². The van der Waals surface area contributed by atoms with Crippen LogP contribution < -0.4 is 10.1 Å². The van der Waals surface area contributed by atoms with Crippen LogP contribution in [-0.4, -0.2) is 43.4 Å². The fourth-order valence-electron chi connectivity index (χ4n) is 1.94. The fourth-order valence-corrected chi connectivity index (χ4v) is 1.94. The Kier molecular flexibility index (Phi) is 5.76. The van der Waals surface area contributed by atoms with Crippen molar-refractivity contribution in [1.29, 1.82) is 0 Å². The summed E-state index contributed by atoms with van der Waals surface area (Å²) in [4.78, 5) is 8.89. The highest BCUT2D eigenvalue weighted by molar-refractivity contribution is 5.39. The second kappa shape index (κ2) is 7.81. The molecule has 0 aromatic carbocycles. The van der Waals surface area contributed by atoms with Gasteiger partial charge >= 0.3 is 0 Å². The van der Waals surface area contributed by atoms with Crippen LogP contribution in [0.3, 0.4) is 0 Å². The monoisotopic (exact) mass is 279 g/mol. The Morgan fingerprint density at radius 1 is 1.50 bits per heavy atom. The zero-order valence-corrected chi connectivity index (χ0v) is 11.8. The lowest BCUT2D eigenvalue weighted by Crippen LogP contribution is -2.11. The molecule has 1 aliphatic heterocycles. The van der Waals surface area contributed by atoms with Crippen LogP contribution in [-0.2, 0) is 9.47 Å². The van der Waals surface area contributed by atoms with Crippen LogP contribution >= 0.6 is 0 Å². The summed E-state index contributed by atoms with van der Waals surface area (Å²) in [5.74, 6) is 1.93. The summed E-state index contributed by atoms with van der Waals surface area (Å²) in [7, 11) is 1.64. The third kappa shape index (κ3) is 4.18. The highest BCUT2D eigenvalue weighted by Crippen LogP contribution is 2.28. The average Bonchev–Trinajstić information content (AvgIpc) is 2.99. The van der Waals surface area contributed by atoms with E-state index in [1.54, 1.807) is 19.3 Å². The molecule has 6 heteroatoms. The van der Waals surface area contributed by atoms with Gasteiger partial charge in [-0.1, -0.05) is 6.08 Å². The first-order valence-electron chi connectivity index (χ1n) is 6.80. The molecule has 0 spiro atoms. The molecule has 1 fully saturated rings. The molecule has 2 rings (SSSR count). The molecular weight excluding hydrogens is 258 g/mol. The molecule has 110 valence electrons. The molecule has 0 bridgehead atoms. The van der Waals surface area contributed by atoms with E-state index in [1.165, 1.54) is 0 Å². The Labute approximate surface area is 119 Å². The summed E-state index contributed by atoms with van der Waals surface area (Å²) >= 11 is 0. The number of rotatable bonds is 8. The quantitative estimate of drug-likeness (QED) is 0.579. The minimum atomic E-state index is -0.0368. The van der Waals surface area contributed by atoms with Gasteiger partial charge in [-0.25, -0.2) is 4.98 Å². The molecule has 2 heterocycles. The van der Waals surface area contributed by atoms with Gasteiger partial charge in [-0.15, -0.1) is 6.58 Å². The summed E-state index contributed by atoms with van der Waals surface area (Å²) in [5, 5.41) is 3.15. The SMILES string of the molecule is C=CCNc1cc(OCCOC)nc(C2CCCO2)n1. The largest absolute Gasteiger partial charge is 0.475 e. The van der Waals surface area contributed by atoms with Gasteiger partial charge in [-0.05, 0) is 12.8 Å². The number of methoxy groups -OCH3 is 1. The highest BCUT2D eigenvalue weighted by Gasteiger charge is 2.22. The van der Waals surface area contributed by atoms with E-state index >= 15 is 0 Å². The molecule has 0 aliphatic carbocycles. The molecule has 0 radical (unpaired) electrons. The van der Waals surface area contributed by atoms with E-state index < -0.39 is 0 Å². The van der Waals surface area contributed by atoms with Gasteiger partial charge < -0.3 is 19.5 Å². The minimum absolute atomic E-state index is 0.0368. The molecule has 1 unspecified atom stereocenters. The number of aromatic nitrogens is 2. The van der Waals surface area contributed by atoms with Crippen molar-refractivity contribution in [3.8, 4) is 5.88 Å². The van der Waals surface area contributed by atoms with E-state index in [4.69, 9.17) is 14.2 Å². The Morgan fingerprint density at radius 2 is 2.40 bits per heavy atom. The first kappa shape index (κ1) is 14.7. The highest BCUT2D eigenvalue weighted by atomic mass is 16.5. The number of ether oxygens (including phenoxy) is 3. The third-order valence-electron chi connectivity index (χ3n) is 2.90. The zero-order chi connectivity index (χ0) is 14.2. The zero-order valence-electron chi connectivity index (χ0n) is 11.8. The number of hydrogen-bond donors (Lipinski definition) is 1. The minimum Gasteiger partial charge on any atom is -0.475 e. The van der Waals surface area contributed by atoms with Crippen molar-refractivity contribution >= 4 is 5.82 Å². The summed E-state index contributed by atoms with van der Waals surface area (Å²) in [6.07, 6.45) is 3.73. The Hall–Kier alpha value is -1.66. The van der Waals surface area contributed by atoms with Crippen molar-refractivity contribution in [3.05, 3.63) is 24.5 Å². The van der Waals surface area contributed by atoms with Crippen LogP contribution in [0.15, 0.2) is 18.7 Å². The maximum Gasteiger partial charge on any atom is 0.218 e. The smallest absolute Gasteiger partial charge is 0.218 e. The van der Waals surface area contributed by atoms with Gasteiger partial charge in [-0.2, -0.15) is 4.98 Å². The lowest BCUT2D eigenvalue weighted by Gasteiger charge is -2.13. The van der Waals surface area contributed by atoms with Crippen LogP contribution in [0.1, 0.15) is 24.8 Å². The van der Waals surface area contributed by atoms with Crippen molar-refractivity contribution in [2.75, 3.05) is 38.8 Å². The van der Waals surface area contributed by atoms with E-state index in [-0.39, 0.29) is 6.10 Å². The molecule has 1 saturated heterocycles. The van der Waals surface area contributed by atoms with Crippen molar-refractivity contribution < 1.29 is 14.2 Å². The molecular formula is C14H21N3O3. The lowest BCUT2D eigenvalue weighted by atomic mass is 10.2. The predicted molar refractivity (Wildman–Crippen MR) is 76.0 cm³/mol. The molecule has 6 nitrogen and oxygen atoms in total. The van der Waals surface area contributed by atoms with E-state index in [1.807, 2.05) is 0 Å². The lowest BCUT2D eigenvalue weighted by molar-refractivity contribution is 0.103. The molecule has 20 heavy (non-hydrogen) atoms. The van der Waals surface area contributed by atoms with E-state index in [9.17, 15) is 0 Å². The van der Waals surface area contributed by atoms with E-state index in [0.29, 0.717) is 31.5 Å². The Balaban J connectivity index is 2.11. The standard InChI is InChI=1S/C14H21N3O3/c1-3-6-15-12-10-13(20-9-8-18-2)17-14(16-12)11-5-4-7-19-11/h3,10-11H,1,4-9H2,2H3,(H,15,16,17). The topological polar surface area (TPSA) is 65.5 Å². The van der Waals surface area contributed by atoms with Crippen LogP contribution in [0, 0.1) is 0 Å². The van der Waals surface area contributed by atoms with Gasteiger partial charge in [-0.3, -0.25) is 0 Å². The average molecular weight is 279 g/mol. The van der Waals surface area contributed by atoms with Crippen molar-refractivity contribution in [2.24, 2.45) is 0 Å². The number of hydrogen-bond acceptors (Lipinski definition) is 6. The van der Waals surface area contributed by atoms with Crippen molar-refractivity contribution in [3.63, 3.8) is 0 Å². The van der Waals surface area contributed by atoms with Gasteiger partial charge in [0.1, 0.15) is 18.5 Å². The van der Waals surface area contributed by atoms with Crippen LogP contribution in [0.5, 0.6) is 5.88 Å². The molecule has 1 aliphatic rings. The number of nitrogens with one attached hydrogen (secondary N) is 1. The Bertz CT molecular complexity index is 434. The molecule has 1 aromatic heterocycles. The van der Waals surface area contributed by atoms with E-state index in [0.717, 1.165) is 25.3 Å². The first-order valence-corrected chi connectivity index (χ1v) is 6.80. The summed E-state index contributed by atoms with van der Waals surface area (Å²) in [6, 6.07) is 1.78. The maximum absolute atomic E-state index is 5.63. The molecule has 1 atom stereocenters. The predicted octanol–water partition coefficient (Wildman–Crippen LogP) is 1.95. The summed E-state index contributed by atoms with van der Waals surface area (Å²) in [5.41, 5.74) is 0. The van der Waals surface area contributed by atoms with Crippen LogP contribution in [0.4, 0.5) is 5.82 Å². The van der Waals surface area contributed by atoms with Crippen molar-refractivity contribution in [2.45, 2.75) is 18.9 Å². The van der Waals surface area contributed by atoms with Crippen LogP contribution in [0.2, 0.25) is 0 Å². The fraction of sp³-hybridized carbons (Fsp3) is 0.571. The molecule has 0 saturated carbocycles. The van der Waals surface area contributed by atoms with Crippen LogP contribution in [0.25, 0.3) is 0 Å². The molecule has 0 amide bonds. The maximum atomic E-state index is 5.63. The second-order valence-corrected chi connectivity index (χ2v) is 4.46. The summed E-state index contributed by atoms with van der Waals surface area (Å²) in [6.45, 7) is 6.06. The summed E-state index contributed by atoms with van der Waals surface area (Å²) < 4.78 is 16.2. The number of nitrogens with zero attached hydrogens (tertiary/aromatic N) is 2. The van der Waals surface area contributed by atoms with Gasteiger partial charge in [0.15, 0.2) is 5.82 Å². The van der Waals surface area contributed by atoms with Crippen molar-refractivity contribution in [1.82, 2.24) is 9.97 Å². The third-order valence-corrected chi connectivity index (χ3v) is 2.90. The van der Waals surface area contributed by atoms with Gasteiger partial charge in [0.05, 0.1) is 6.61 Å². The van der Waals surface area contributed by atoms with E-state index in [2.05, 4.69) is 21.9 Å². The number of anilines is 1. The molecule has 1 aromatic rings.